The van der Waals surface area contributed by atoms with Gasteiger partial charge in [0, 0.05) is 25.7 Å². The highest BCUT2D eigenvalue weighted by atomic mass is 32.2. The van der Waals surface area contributed by atoms with Gasteiger partial charge in [-0.05, 0) is 63.1 Å². The summed E-state index contributed by atoms with van der Waals surface area (Å²) in [5.41, 5.74) is 7.17. The van der Waals surface area contributed by atoms with Crippen LogP contribution in [0, 0.1) is 11.8 Å². The summed E-state index contributed by atoms with van der Waals surface area (Å²) in [6.45, 7) is 7.43. The van der Waals surface area contributed by atoms with Crippen LogP contribution in [0.4, 0.5) is 16.0 Å². The van der Waals surface area contributed by atoms with E-state index in [4.69, 9.17) is 10.2 Å². The lowest BCUT2D eigenvalue weighted by Gasteiger charge is -2.26. The highest BCUT2D eigenvalue weighted by molar-refractivity contribution is 7.93. The SMILES string of the molecule is CC1CC1CN(CCF)c1cc(-c2nnc(C(C)(N)Cc3ccccc3)o2)cc(N(C)S(=O)(=O)C(C)C)n1. The van der Waals surface area contributed by atoms with E-state index in [0.29, 0.717) is 36.2 Å². The van der Waals surface area contributed by atoms with Crippen LogP contribution in [0.1, 0.15) is 45.6 Å². The Kier molecular flexibility index (Phi) is 8.08. The normalized spacial score (nSPS) is 18.8. The van der Waals surface area contributed by atoms with Gasteiger partial charge < -0.3 is 15.1 Å². The van der Waals surface area contributed by atoms with E-state index in [0.717, 1.165) is 16.3 Å². The van der Waals surface area contributed by atoms with Crippen molar-refractivity contribution in [2.24, 2.45) is 17.6 Å². The lowest BCUT2D eigenvalue weighted by atomic mass is 9.94. The van der Waals surface area contributed by atoms with Gasteiger partial charge in [0.15, 0.2) is 0 Å². The van der Waals surface area contributed by atoms with Crippen molar-refractivity contribution in [2.75, 3.05) is 36.0 Å². The average molecular weight is 545 g/mol. The second-order valence-electron chi connectivity index (χ2n) is 10.7. The fourth-order valence-corrected chi connectivity index (χ4v) is 5.39. The molecule has 0 aliphatic heterocycles. The fraction of sp³-hybridized carbons (Fsp3) is 0.519. The third-order valence-corrected chi connectivity index (χ3v) is 9.22. The molecule has 2 N–H and O–H groups in total. The van der Waals surface area contributed by atoms with Crippen molar-refractivity contribution in [3.63, 3.8) is 0 Å². The van der Waals surface area contributed by atoms with Gasteiger partial charge in [0.05, 0.1) is 10.8 Å². The lowest BCUT2D eigenvalue weighted by Crippen LogP contribution is -2.35. The molecule has 1 aliphatic carbocycles. The first-order valence-electron chi connectivity index (χ1n) is 12.9. The minimum atomic E-state index is -3.66. The number of hydrogen-bond donors (Lipinski definition) is 1. The molecule has 0 radical (unpaired) electrons. The van der Waals surface area contributed by atoms with Gasteiger partial charge in [0.1, 0.15) is 18.3 Å². The maximum atomic E-state index is 13.6. The minimum absolute atomic E-state index is 0.146. The number of halogens is 1. The van der Waals surface area contributed by atoms with Gasteiger partial charge in [-0.2, -0.15) is 0 Å². The summed E-state index contributed by atoms with van der Waals surface area (Å²) in [4.78, 5) is 6.49. The number of sulfonamides is 1. The van der Waals surface area contributed by atoms with Crippen molar-refractivity contribution in [1.82, 2.24) is 15.2 Å². The molecule has 3 unspecified atom stereocenters. The zero-order valence-corrected chi connectivity index (χ0v) is 23.4. The molecule has 1 aromatic carbocycles. The average Bonchev–Trinajstić information content (AvgIpc) is 3.34. The third kappa shape index (κ3) is 6.15. The molecule has 0 spiro atoms. The predicted molar refractivity (Wildman–Crippen MR) is 147 cm³/mol. The molecule has 2 aromatic heterocycles. The molecule has 206 valence electrons. The summed E-state index contributed by atoms with van der Waals surface area (Å²) in [5, 5.41) is 7.81. The Morgan fingerprint density at radius 3 is 2.45 bits per heavy atom. The van der Waals surface area contributed by atoms with E-state index in [1.807, 2.05) is 42.2 Å². The van der Waals surface area contributed by atoms with Gasteiger partial charge in [0.25, 0.3) is 0 Å². The van der Waals surface area contributed by atoms with Gasteiger partial charge in [-0.3, -0.25) is 4.31 Å². The Morgan fingerprint density at radius 1 is 1.18 bits per heavy atom. The van der Waals surface area contributed by atoms with Crippen LogP contribution in [0.3, 0.4) is 0 Å². The van der Waals surface area contributed by atoms with E-state index < -0.39 is 27.5 Å². The molecular weight excluding hydrogens is 507 g/mol. The van der Waals surface area contributed by atoms with E-state index in [1.165, 1.54) is 7.05 Å². The molecule has 0 amide bonds. The maximum absolute atomic E-state index is 13.6. The number of nitrogens with two attached hydrogens (primary N) is 1. The smallest absolute Gasteiger partial charge is 0.248 e. The standard InChI is InChI=1S/C27H37FN6O3S/c1-18(2)38(35,36)33(5)23-14-21(15-24(30-23)34(12-11-28)17-22-13-19(22)3)25-31-32-26(37-25)27(4,29)16-20-9-7-6-8-10-20/h6-10,14-15,18-19,22H,11-13,16-17,29H2,1-5H3. The summed E-state index contributed by atoms with van der Waals surface area (Å²) in [6, 6.07) is 13.1. The quantitative estimate of drug-likeness (QED) is 0.361. The number of benzene rings is 1. The number of rotatable bonds is 12. The molecule has 4 rings (SSSR count). The van der Waals surface area contributed by atoms with Crippen molar-refractivity contribution in [2.45, 2.75) is 51.3 Å². The molecule has 1 aliphatic rings. The van der Waals surface area contributed by atoms with Crippen molar-refractivity contribution in [3.05, 3.63) is 53.9 Å². The first-order valence-corrected chi connectivity index (χ1v) is 14.4. The van der Waals surface area contributed by atoms with Gasteiger partial charge >= 0.3 is 0 Å². The first-order chi connectivity index (χ1) is 17.9. The molecule has 38 heavy (non-hydrogen) atoms. The Hall–Kier alpha value is -3.05. The van der Waals surface area contributed by atoms with Crippen LogP contribution in [0.15, 0.2) is 46.9 Å². The van der Waals surface area contributed by atoms with Crippen LogP contribution in [0.25, 0.3) is 11.5 Å². The lowest BCUT2D eigenvalue weighted by molar-refractivity contribution is 0.355. The number of anilines is 2. The summed E-state index contributed by atoms with van der Waals surface area (Å²) < 4.78 is 46.7. The molecular formula is C27H37FN6O3S. The molecule has 3 atom stereocenters. The molecule has 0 saturated heterocycles. The Morgan fingerprint density at radius 2 is 1.84 bits per heavy atom. The van der Waals surface area contributed by atoms with Crippen LogP contribution in [0.5, 0.6) is 0 Å². The Labute approximate surface area is 224 Å². The first kappa shape index (κ1) is 28.0. The van der Waals surface area contributed by atoms with Gasteiger partial charge in [-0.1, -0.05) is 37.3 Å². The van der Waals surface area contributed by atoms with Crippen LogP contribution in [-0.4, -0.2) is 55.7 Å². The number of alkyl halides is 1. The van der Waals surface area contributed by atoms with E-state index in [-0.39, 0.29) is 24.1 Å². The Balaban J connectivity index is 1.73. The largest absolute Gasteiger partial charge is 0.419 e. The zero-order valence-electron chi connectivity index (χ0n) is 22.6. The minimum Gasteiger partial charge on any atom is -0.419 e. The molecule has 0 bridgehead atoms. The molecule has 1 saturated carbocycles. The third-order valence-electron chi connectivity index (χ3n) is 7.08. The van der Waals surface area contributed by atoms with Crippen molar-refractivity contribution < 1.29 is 17.2 Å². The Bertz CT molecular complexity index is 1350. The number of hydrogen-bond acceptors (Lipinski definition) is 8. The van der Waals surface area contributed by atoms with Crippen LogP contribution in [0.2, 0.25) is 0 Å². The van der Waals surface area contributed by atoms with E-state index in [9.17, 15) is 12.8 Å². The van der Waals surface area contributed by atoms with Crippen molar-refractivity contribution in [3.8, 4) is 11.5 Å². The number of aromatic nitrogens is 3. The highest BCUT2D eigenvalue weighted by Gasteiger charge is 2.35. The molecule has 1 fully saturated rings. The van der Waals surface area contributed by atoms with Gasteiger partial charge in [-0.25, -0.2) is 17.8 Å². The molecule has 9 nitrogen and oxygen atoms in total. The number of nitrogens with zero attached hydrogens (tertiary/aromatic N) is 5. The van der Waals surface area contributed by atoms with Gasteiger partial charge in [-0.15, -0.1) is 10.2 Å². The summed E-state index contributed by atoms with van der Waals surface area (Å²) in [6.07, 6.45) is 1.56. The van der Waals surface area contributed by atoms with E-state index in [1.54, 1.807) is 26.0 Å². The molecule has 2 heterocycles. The zero-order chi connectivity index (χ0) is 27.7. The molecule has 11 heteroatoms. The van der Waals surface area contributed by atoms with Gasteiger partial charge in [0.2, 0.25) is 21.8 Å². The summed E-state index contributed by atoms with van der Waals surface area (Å²) in [5.74, 6) is 2.10. The number of pyridine rings is 1. The maximum Gasteiger partial charge on any atom is 0.248 e. The van der Waals surface area contributed by atoms with Crippen molar-refractivity contribution >= 4 is 21.7 Å². The highest BCUT2D eigenvalue weighted by Crippen LogP contribution is 2.39. The second kappa shape index (κ2) is 11.0. The summed E-state index contributed by atoms with van der Waals surface area (Å²) in [7, 11) is -2.20. The van der Waals surface area contributed by atoms with Crippen LogP contribution < -0.4 is 14.9 Å². The van der Waals surface area contributed by atoms with Crippen LogP contribution in [-0.2, 0) is 22.0 Å². The monoisotopic (exact) mass is 544 g/mol. The van der Waals surface area contributed by atoms with E-state index in [2.05, 4.69) is 22.1 Å². The van der Waals surface area contributed by atoms with E-state index >= 15 is 0 Å². The topological polar surface area (TPSA) is 118 Å². The second-order valence-corrected chi connectivity index (χ2v) is 13.3. The van der Waals surface area contributed by atoms with Crippen LogP contribution >= 0.6 is 0 Å². The summed E-state index contributed by atoms with van der Waals surface area (Å²) >= 11 is 0. The fourth-order valence-electron chi connectivity index (χ4n) is 4.40. The van der Waals surface area contributed by atoms with Crippen molar-refractivity contribution in [1.29, 1.82) is 0 Å². The predicted octanol–water partition coefficient (Wildman–Crippen LogP) is 4.15. The molecule has 3 aromatic rings.